The predicted octanol–water partition coefficient (Wildman–Crippen LogP) is 4.13. The van der Waals surface area contributed by atoms with Gasteiger partial charge >= 0.3 is 0 Å². The molecule has 40 heavy (non-hydrogen) atoms. The largest absolute Gasteiger partial charge is 0.494 e. The van der Waals surface area contributed by atoms with E-state index in [0.29, 0.717) is 61.5 Å². The van der Waals surface area contributed by atoms with E-state index in [9.17, 15) is 14.7 Å². The van der Waals surface area contributed by atoms with Gasteiger partial charge in [0.15, 0.2) is 5.78 Å². The van der Waals surface area contributed by atoms with E-state index in [1.54, 1.807) is 31.2 Å². The Morgan fingerprint density at radius 2 is 1.82 bits per heavy atom. The second-order valence-electron chi connectivity index (χ2n) is 12.0. The Hall–Kier alpha value is -3.59. The third kappa shape index (κ3) is 5.80. The van der Waals surface area contributed by atoms with Crippen molar-refractivity contribution in [1.29, 1.82) is 5.41 Å². The molecule has 2 aromatic carbocycles. The number of ketones is 1. The van der Waals surface area contributed by atoms with Crippen LogP contribution in [0.25, 0.3) is 0 Å². The first-order valence-electron chi connectivity index (χ1n) is 13.9. The molecule has 2 aliphatic heterocycles. The Balaban J connectivity index is 1.65. The van der Waals surface area contributed by atoms with Crippen LogP contribution in [0.4, 0.5) is 5.69 Å². The molecular weight excluding hydrogens is 508 g/mol. The van der Waals surface area contributed by atoms with Gasteiger partial charge in [-0.15, -0.1) is 0 Å². The average Bonchev–Trinajstić information content (AvgIpc) is 3.20. The van der Waals surface area contributed by atoms with E-state index < -0.39 is 5.60 Å². The van der Waals surface area contributed by atoms with Gasteiger partial charge in [0.05, 0.1) is 37.1 Å². The van der Waals surface area contributed by atoms with Crippen LogP contribution in [0.5, 0.6) is 11.5 Å². The fraction of sp³-hybridized carbons (Fsp3) is 0.516. The van der Waals surface area contributed by atoms with Gasteiger partial charge in [0.2, 0.25) is 0 Å². The molecule has 0 aromatic heterocycles. The van der Waals surface area contributed by atoms with E-state index in [2.05, 4.69) is 31.0 Å². The number of hydrogen-bond acceptors (Lipinski definition) is 7. The predicted molar refractivity (Wildman–Crippen MR) is 156 cm³/mol. The number of amides is 1. The maximum Gasteiger partial charge on any atom is 0.254 e. The van der Waals surface area contributed by atoms with Crippen molar-refractivity contribution in [3.8, 4) is 11.5 Å². The van der Waals surface area contributed by atoms with Gasteiger partial charge in [0.1, 0.15) is 17.3 Å². The topological polar surface area (TPSA) is 115 Å². The first kappa shape index (κ1) is 29.4. The summed E-state index contributed by atoms with van der Waals surface area (Å²) in [5.41, 5.74) is 3.21. The Kier molecular flexibility index (Phi) is 8.17. The maximum atomic E-state index is 13.8. The van der Waals surface area contributed by atoms with E-state index in [0.717, 1.165) is 22.6 Å². The SMILES string of the molecule is CCOc1cc2c(cc1C(=O)NC)C(=N)N(CC(=O)c1cc(N3CCC(C)(O)CC3)c(OC)c(C(C)(C)C)c1)C2. The van der Waals surface area contributed by atoms with E-state index >= 15 is 0 Å². The van der Waals surface area contributed by atoms with Crippen LogP contribution in [0.1, 0.15) is 84.9 Å². The van der Waals surface area contributed by atoms with Crippen molar-refractivity contribution in [2.75, 3.05) is 45.3 Å². The minimum Gasteiger partial charge on any atom is -0.494 e. The first-order valence-corrected chi connectivity index (χ1v) is 13.9. The zero-order valence-corrected chi connectivity index (χ0v) is 24.7. The summed E-state index contributed by atoms with van der Waals surface area (Å²) in [7, 11) is 3.21. The second-order valence-corrected chi connectivity index (χ2v) is 12.0. The van der Waals surface area contributed by atoms with E-state index in [1.807, 2.05) is 26.0 Å². The third-order valence-electron chi connectivity index (χ3n) is 7.83. The molecule has 0 aliphatic carbocycles. The zero-order valence-electron chi connectivity index (χ0n) is 24.7. The van der Waals surface area contributed by atoms with Crippen molar-refractivity contribution in [3.05, 3.63) is 52.1 Å². The molecule has 2 aromatic rings. The van der Waals surface area contributed by atoms with Crippen LogP contribution in [0.3, 0.4) is 0 Å². The molecule has 0 unspecified atom stereocenters. The van der Waals surface area contributed by atoms with Crippen molar-refractivity contribution >= 4 is 23.2 Å². The summed E-state index contributed by atoms with van der Waals surface area (Å²) < 4.78 is 11.6. The lowest BCUT2D eigenvalue weighted by Crippen LogP contribution is -2.42. The molecule has 4 rings (SSSR count). The van der Waals surface area contributed by atoms with Crippen molar-refractivity contribution in [1.82, 2.24) is 10.2 Å². The van der Waals surface area contributed by atoms with Crippen LogP contribution in [-0.4, -0.2) is 73.5 Å². The molecule has 9 heteroatoms. The lowest BCUT2D eigenvalue weighted by molar-refractivity contribution is 0.0350. The molecule has 216 valence electrons. The van der Waals surface area contributed by atoms with Gasteiger partial charge in [-0.3, -0.25) is 15.0 Å². The number of Topliss-reactive ketones (excluding diaryl/α,β-unsaturated/α-hetero) is 1. The summed E-state index contributed by atoms with van der Waals surface area (Å²) in [5, 5.41) is 21.9. The number of ether oxygens (including phenoxy) is 2. The number of nitrogens with zero attached hydrogens (tertiary/aromatic N) is 2. The number of anilines is 1. The monoisotopic (exact) mass is 550 g/mol. The van der Waals surface area contributed by atoms with Gasteiger partial charge < -0.3 is 29.7 Å². The molecule has 0 radical (unpaired) electrons. The maximum absolute atomic E-state index is 13.8. The number of amidine groups is 1. The lowest BCUT2D eigenvalue weighted by atomic mass is 9.83. The minimum absolute atomic E-state index is 0.0247. The van der Waals surface area contributed by atoms with Gasteiger partial charge in [-0.2, -0.15) is 0 Å². The molecule has 1 amide bonds. The summed E-state index contributed by atoms with van der Waals surface area (Å²) in [6.45, 7) is 12.1. The zero-order chi connectivity index (χ0) is 29.4. The number of rotatable bonds is 8. The summed E-state index contributed by atoms with van der Waals surface area (Å²) in [6, 6.07) is 7.28. The molecule has 0 atom stereocenters. The van der Waals surface area contributed by atoms with Gasteiger partial charge in [-0.05, 0) is 61.9 Å². The molecule has 1 saturated heterocycles. The highest BCUT2D eigenvalue weighted by Crippen LogP contribution is 2.42. The molecule has 0 bridgehead atoms. The minimum atomic E-state index is -0.700. The third-order valence-corrected chi connectivity index (χ3v) is 7.83. The lowest BCUT2D eigenvalue weighted by Gasteiger charge is -2.38. The highest BCUT2D eigenvalue weighted by Gasteiger charge is 2.33. The number of methoxy groups -OCH3 is 1. The summed E-state index contributed by atoms with van der Waals surface area (Å²) in [4.78, 5) is 30.2. The highest BCUT2D eigenvalue weighted by molar-refractivity contribution is 6.08. The molecular formula is C31H42N4O5. The van der Waals surface area contributed by atoms with Gasteiger partial charge in [-0.25, -0.2) is 0 Å². The summed E-state index contributed by atoms with van der Waals surface area (Å²) >= 11 is 0. The standard InChI is InChI=1S/C31H42N4O5/c1-8-40-26-15-20-17-35(28(32)21(20)16-22(26)29(37)33-6)18-25(36)19-13-23(30(2,3)4)27(39-7)24(14-19)34-11-9-31(5,38)10-12-34/h13-16,32,38H,8-12,17-18H2,1-7H3,(H,33,37). The number of aliphatic hydroxyl groups is 1. The number of benzene rings is 2. The quantitative estimate of drug-likeness (QED) is 0.424. The van der Waals surface area contributed by atoms with Crippen LogP contribution < -0.4 is 19.7 Å². The van der Waals surface area contributed by atoms with Crippen molar-refractivity contribution in [3.63, 3.8) is 0 Å². The smallest absolute Gasteiger partial charge is 0.254 e. The molecule has 0 spiro atoms. The first-order chi connectivity index (χ1) is 18.8. The van der Waals surface area contributed by atoms with Gasteiger partial charge in [0, 0.05) is 43.4 Å². The molecule has 0 saturated carbocycles. The number of carbonyl (C=O) groups excluding carboxylic acids is 2. The number of hydrogen-bond donors (Lipinski definition) is 3. The number of nitrogens with one attached hydrogen (secondary N) is 2. The summed E-state index contributed by atoms with van der Waals surface area (Å²) in [5.74, 6) is 1.04. The van der Waals surface area contributed by atoms with Gasteiger partial charge in [-0.1, -0.05) is 20.8 Å². The van der Waals surface area contributed by atoms with E-state index in [4.69, 9.17) is 14.9 Å². The fourth-order valence-electron chi connectivity index (χ4n) is 5.43. The van der Waals surface area contributed by atoms with Crippen LogP contribution in [0.15, 0.2) is 24.3 Å². The van der Waals surface area contributed by atoms with E-state index in [1.165, 1.54) is 0 Å². The van der Waals surface area contributed by atoms with Crippen LogP contribution in [0.2, 0.25) is 0 Å². The summed E-state index contributed by atoms with van der Waals surface area (Å²) in [6.07, 6.45) is 1.26. The second kappa shape index (κ2) is 11.1. The molecule has 3 N–H and O–H groups in total. The van der Waals surface area contributed by atoms with Crippen molar-refractivity contribution < 1.29 is 24.2 Å². The average molecular weight is 551 g/mol. The Morgan fingerprint density at radius 1 is 1.15 bits per heavy atom. The molecule has 9 nitrogen and oxygen atoms in total. The van der Waals surface area contributed by atoms with Crippen LogP contribution >= 0.6 is 0 Å². The number of carbonyl (C=O) groups is 2. The van der Waals surface area contributed by atoms with Crippen molar-refractivity contribution in [2.24, 2.45) is 0 Å². The van der Waals surface area contributed by atoms with Crippen LogP contribution in [0, 0.1) is 5.41 Å². The van der Waals surface area contributed by atoms with Crippen LogP contribution in [-0.2, 0) is 12.0 Å². The molecule has 1 fully saturated rings. The number of fused-ring (bicyclic) bond motifs is 1. The van der Waals surface area contributed by atoms with Gasteiger partial charge in [0.25, 0.3) is 5.91 Å². The van der Waals surface area contributed by atoms with E-state index in [-0.39, 0.29) is 29.5 Å². The Labute approximate surface area is 237 Å². The Bertz CT molecular complexity index is 1320. The highest BCUT2D eigenvalue weighted by atomic mass is 16.5. The molecule has 2 heterocycles. The van der Waals surface area contributed by atoms with Crippen molar-refractivity contribution in [2.45, 2.75) is 65.0 Å². The number of piperidine rings is 1. The Morgan fingerprint density at radius 3 is 2.40 bits per heavy atom. The fourth-order valence-corrected chi connectivity index (χ4v) is 5.43. The molecule has 2 aliphatic rings. The normalized spacial score (nSPS) is 16.6.